The first kappa shape index (κ1) is 12.5. The molecule has 1 saturated heterocycles. The molecule has 0 aromatic carbocycles. The second-order valence-corrected chi connectivity index (χ2v) is 8.39. The summed E-state index contributed by atoms with van der Waals surface area (Å²) >= 11 is 0. The average Bonchev–Trinajstić information content (AvgIpc) is 2.87. The Kier molecular flexibility index (Phi) is 4.38. The van der Waals surface area contributed by atoms with E-state index in [1.54, 1.807) is 14.2 Å². The lowest BCUT2D eigenvalue weighted by atomic mass is 10.4. The molecule has 2 aliphatic rings. The zero-order chi connectivity index (χ0) is 11.4. The summed E-state index contributed by atoms with van der Waals surface area (Å²) in [7, 11) is 1.40. The molecule has 2 rings (SSSR count). The molecular formula is C11H23NO3Si. The molecule has 1 unspecified atom stereocenters. The highest BCUT2D eigenvalue weighted by Crippen LogP contribution is 2.41. The number of ether oxygens (including phenoxy) is 1. The van der Waals surface area contributed by atoms with Gasteiger partial charge in [0.25, 0.3) is 0 Å². The quantitative estimate of drug-likeness (QED) is 0.755. The van der Waals surface area contributed by atoms with Gasteiger partial charge in [-0.1, -0.05) is 12.8 Å². The lowest BCUT2D eigenvalue weighted by Crippen LogP contribution is -2.62. The van der Waals surface area contributed by atoms with Crippen LogP contribution in [0.4, 0.5) is 0 Å². The van der Waals surface area contributed by atoms with Crippen molar-refractivity contribution in [2.75, 3.05) is 33.9 Å². The third kappa shape index (κ3) is 2.19. The van der Waals surface area contributed by atoms with Crippen molar-refractivity contribution in [1.82, 2.24) is 5.32 Å². The highest BCUT2D eigenvalue weighted by atomic mass is 28.4. The summed E-state index contributed by atoms with van der Waals surface area (Å²) in [6, 6.07) is 0. The van der Waals surface area contributed by atoms with Gasteiger partial charge in [0, 0.05) is 32.9 Å². The Morgan fingerprint density at radius 3 is 2.38 bits per heavy atom. The van der Waals surface area contributed by atoms with Crippen molar-refractivity contribution in [1.29, 1.82) is 0 Å². The molecule has 0 radical (unpaired) electrons. The number of morpholine rings is 1. The van der Waals surface area contributed by atoms with Crippen LogP contribution < -0.4 is 5.32 Å². The molecule has 1 saturated carbocycles. The third-order valence-corrected chi connectivity index (χ3v) is 8.20. The molecule has 0 amide bonds. The molecule has 0 aromatic rings. The van der Waals surface area contributed by atoms with Crippen LogP contribution in [0.25, 0.3) is 0 Å². The number of nitrogens with one attached hydrogen (secondary N) is 1. The van der Waals surface area contributed by atoms with Crippen molar-refractivity contribution in [3.63, 3.8) is 0 Å². The number of rotatable bonds is 4. The van der Waals surface area contributed by atoms with E-state index in [1.165, 1.54) is 25.7 Å². The van der Waals surface area contributed by atoms with Crippen LogP contribution in [-0.4, -0.2) is 48.2 Å². The average molecular weight is 245 g/mol. The molecule has 1 heterocycles. The van der Waals surface area contributed by atoms with Crippen molar-refractivity contribution in [3.8, 4) is 0 Å². The van der Waals surface area contributed by atoms with Crippen LogP contribution in [-0.2, 0) is 13.6 Å². The third-order valence-electron chi connectivity index (χ3n) is 3.94. The Bertz CT molecular complexity index is 211. The monoisotopic (exact) mass is 245 g/mol. The van der Waals surface area contributed by atoms with Gasteiger partial charge in [-0.15, -0.1) is 0 Å². The second-order valence-electron chi connectivity index (χ2n) is 4.67. The molecular weight excluding hydrogens is 222 g/mol. The molecule has 1 aliphatic heterocycles. The standard InChI is InChI=1S/C11H23NO3Si/c1-13-16(14-2,10-5-3-4-6-10)11-9-12-7-8-15-11/h10-12H,3-9H2,1-2H3. The van der Waals surface area contributed by atoms with E-state index in [4.69, 9.17) is 13.6 Å². The summed E-state index contributed by atoms with van der Waals surface area (Å²) in [5.41, 5.74) is 0.756. The molecule has 0 spiro atoms. The van der Waals surface area contributed by atoms with E-state index >= 15 is 0 Å². The van der Waals surface area contributed by atoms with E-state index < -0.39 is 8.56 Å². The highest BCUT2D eigenvalue weighted by Gasteiger charge is 2.53. The van der Waals surface area contributed by atoms with Gasteiger partial charge >= 0.3 is 8.56 Å². The van der Waals surface area contributed by atoms with Gasteiger partial charge in [0.15, 0.2) is 0 Å². The summed E-state index contributed by atoms with van der Waals surface area (Å²) in [4.78, 5) is 0. The maximum absolute atomic E-state index is 5.89. The van der Waals surface area contributed by atoms with Gasteiger partial charge in [-0.3, -0.25) is 0 Å². The fourth-order valence-corrected chi connectivity index (χ4v) is 6.97. The van der Waals surface area contributed by atoms with E-state index in [2.05, 4.69) is 5.32 Å². The van der Waals surface area contributed by atoms with Gasteiger partial charge in [0.05, 0.1) is 6.61 Å². The highest BCUT2D eigenvalue weighted by molar-refractivity contribution is 6.70. The van der Waals surface area contributed by atoms with Gasteiger partial charge in [0.2, 0.25) is 0 Å². The van der Waals surface area contributed by atoms with Crippen LogP contribution in [0.5, 0.6) is 0 Å². The van der Waals surface area contributed by atoms with E-state index in [9.17, 15) is 0 Å². The minimum absolute atomic E-state index is 0.152. The molecule has 5 heteroatoms. The molecule has 94 valence electrons. The number of hydrogen-bond donors (Lipinski definition) is 1. The zero-order valence-corrected chi connectivity index (χ0v) is 11.3. The SMILES string of the molecule is CO[Si](OC)(C1CCCC1)C1CNCCO1. The summed E-state index contributed by atoms with van der Waals surface area (Å²) in [5.74, 6) is 0. The molecule has 1 atom stereocenters. The molecule has 16 heavy (non-hydrogen) atoms. The lowest BCUT2D eigenvalue weighted by molar-refractivity contribution is 0.0330. The first-order chi connectivity index (χ1) is 7.83. The summed E-state index contributed by atoms with van der Waals surface area (Å²) in [6.07, 6.45) is 5.11. The van der Waals surface area contributed by atoms with Gasteiger partial charge in [-0.25, -0.2) is 0 Å². The molecule has 0 bridgehead atoms. The fourth-order valence-electron chi connectivity index (χ4n) is 3.09. The lowest BCUT2D eigenvalue weighted by Gasteiger charge is -2.40. The van der Waals surface area contributed by atoms with E-state index in [-0.39, 0.29) is 5.73 Å². The van der Waals surface area contributed by atoms with Crippen molar-refractivity contribution < 1.29 is 13.6 Å². The van der Waals surface area contributed by atoms with E-state index in [0.29, 0.717) is 5.54 Å². The Balaban J connectivity index is 2.11. The Morgan fingerprint density at radius 2 is 1.88 bits per heavy atom. The fraction of sp³-hybridized carbons (Fsp3) is 1.00. The van der Waals surface area contributed by atoms with Crippen LogP contribution in [0.1, 0.15) is 25.7 Å². The predicted octanol–water partition coefficient (Wildman–Crippen LogP) is 1.19. The predicted molar refractivity (Wildman–Crippen MR) is 64.6 cm³/mol. The van der Waals surface area contributed by atoms with Gasteiger partial charge in [-0.05, 0) is 12.8 Å². The minimum atomic E-state index is -2.19. The Labute approximate surface area is 98.9 Å². The smallest absolute Gasteiger partial charge is 0.372 e. The van der Waals surface area contributed by atoms with Crippen LogP contribution in [0.15, 0.2) is 0 Å². The topological polar surface area (TPSA) is 39.7 Å². The molecule has 4 nitrogen and oxygen atoms in total. The summed E-state index contributed by atoms with van der Waals surface area (Å²) in [5, 5.41) is 3.38. The van der Waals surface area contributed by atoms with Gasteiger partial charge in [-0.2, -0.15) is 0 Å². The maximum atomic E-state index is 5.89. The summed E-state index contributed by atoms with van der Waals surface area (Å²) < 4.78 is 17.6. The number of hydrogen-bond acceptors (Lipinski definition) is 4. The van der Waals surface area contributed by atoms with E-state index in [0.717, 1.165) is 19.7 Å². The van der Waals surface area contributed by atoms with Crippen LogP contribution in [0, 0.1) is 0 Å². The van der Waals surface area contributed by atoms with Gasteiger partial charge < -0.3 is 18.9 Å². The molecule has 2 fully saturated rings. The minimum Gasteiger partial charge on any atom is -0.396 e. The maximum Gasteiger partial charge on any atom is 0.372 e. The first-order valence-corrected chi connectivity index (χ1v) is 8.23. The molecule has 0 aromatic heterocycles. The normalized spacial score (nSPS) is 28.5. The van der Waals surface area contributed by atoms with Crippen molar-refractivity contribution in [3.05, 3.63) is 0 Å². The Hall–Kier alpha value is 0.0569. The van der Waals surface area contributed by atoms with Crippen LogP contribution in [0.2, 0.25) is 5.54 Å². The van der Waals surface area contributed by atoms with Crippen LogP contribution >= 0.6 is 0 Å². The van der Waals surface area contributed by atoms with Crippen LogP contribution in [0.3, 0.4) is 0 Å². The van der Waals surface area contributed by atoms with Crippen molar-refractivity contribution in [2.45, 2.75) is 37.0 Å². The van der Waals surface area contributed by atoms with Gasteiger partial charge in [0.1, 0.15) is 5.73 Å². The molecule has 1 aliphatic carbocycles. The largest absolute Gasteiger partial charge is 0.396 e. The zero-order valence-electron chi connectivity index (χ0n) is 10.3. The Morgan fingerprint density at radius 1 is 1.19 bits per heavy atom. The second kappa shape index (κ2) is 5.60. The summed E-state index contributed by atoms with van der Waals surface area (Å²) in [6.45, 7) is 2.60. The van der Waals surface area contributed by atoms with Crippen molar-refractivity contribution in [2.24, 2.45) is 0 Å². The van der Waals surface area contributed by atoms with E-state index in [1.807, 2.05) is 0 Å². The first-order valence-electron chi connectivity index (χ1n) is 6.26. The van der Waals surface area contributed by atoms with Crippen molar-refractivity contribution >= 4 is 8.56 Å². The molecule has 1 N–H and O–H groups in total.